The predicted molar refractivity (Wildman–Crippen MR) is 114 cm³/mol. The molecule has 1 aliphatic heterocycles. The van der Waals surface area contributed by atoms with Crippen LogP contribution in [-0.4, -0.2) is 47.9 Å². The lowest BCUT2D eigenvalue weighted by atomic mass is 10.0. The molecule has 158 valence electrons. The third kappa shape index (κ3) is 4.76. The van der Waals surface area contributed by atoms with Gasteiger partial charge < -0.3 is 9.64 Å². The monoisotopic (exact) mass is 410 g/mol. The Hall–Kier alpha value is -2.99. The number of hydrogen-bond acceptors (Lipinski definition) is 4. The lowest BCUT2D eigenvalue weighted by Gasteiger charge is -2.25. The van der Waals surface area contributed by atoms with Gasteiger partial charge in [-0.15, -0.1) is 0 Å². The first-order valence-corrected chi connectivity index (χ1v) is 10.3. The number of likely N-dealkylation sites (N-methyl/N-ethyl adjacent to an activating group) is 1. The Kier molecular flexibility index (Phi) is 7.36. The molecular weight excluding hydrogens is 383 g/mol. The predicted octanol–water partition coefficient (Wildman–Crippen LogP) is 3.85. The van der Waals surface area contributed by atoms with Crippen LogP contribution in [0.2, 0.25) is 0 Å². The molecule has 0 N–H and O–H groups in total. The maximum absolute atomic E-state index is 13.5. The van der Waals surface area contributed by atoms with Gasteiger partial charge >= 0.3 is 0 Å². The maximum Gasteiger partial charge on any atom is 0.277 e. The lowest BCUT2D eigenvalue weighted by molar-refractivity contribution is -0.137. The van der Waals surface area contributed by atoms with E-state index in [0.717, 1.165) is 5.56 Å². The Labute approximate surface area is 176 Å². The highest BCUT2D eigenvalue weighted by atomic mass is 19.1. The van der Waals surface area contributed by atoms with Gasteiger partial charge in [-0.1, -0.05) is 42.5 Å². The van der Waals surface area contributed by atoms with Crippen LogP contribution in [0, 0.1) is 5.82 Å². The summed E-state index contributed by atoms with van der Waals surface area (Å²) in [6, 6.07) is 15.5. The number of benzene rings is 2. The van der Waals surface area contributed by atoms with Crippen LogP contribution in [0.25, 0.3) is 5.57 Å². The van der Waals surface area contributed by atoms with E-state index >= 15 is 0 Å². The van der Waals surface area contributed by atoms with Crippen LogP contribution >= 0.6 is 0 Å². The van der Waals surface area contributed by atoms with Crippen LogP contribution in [0.3, 0.4) is 0 Å². The van der Waals surface area contributed by atoms with E-state index in [0.29, 0.717) is 49.6 Å². The number of carbonyl (C=O) groups is 2. The number of nitrogens with zero attached hydrogens (tertiary/aromatic N) is 2. The van der Waals surface area contributed by atoms with Crippen LogP contribution in [0.1, 0.15) is 31.4 Å². The molecule has 0 saturated carbocycles. The molecule has 0 saturated heterocycles. The lowest BCUT2D eigenvalue weighted by Crippen LogP contribution is -2.36. The topological polar surface area (TPSA) is 49.9 Å². The second-order valence-electron chi connectivity index (χ2n) is 7.04. The van der Waals surface area contributed by atoms with E-state index in [1.54, 1.807) is 12.1 Å². The SMILES string of the molecule is CCOCCCN1C(=O)C(c2ccc(F)cc2)=C(N(CC)Cc2ccccc2)C1=O. The van der Waals surface area contributed by atoms with Crippen molar-refractivity contribution in [2.45, 2.75) is 26.8 Å². The summed E-state index contributed by atoms with van der Waals surface area (Å²) < 4.78 is 18.8. The van der Waals surface area contributed by atoms with Crippen molar-refractivity contribution < 1.29 is 18.7 Å². The number of carbonyl (C=O) groups excluding carboxylic acids is 2. The minimum atomic E-state index is -0.386. The van der Waals surface area contributed by atoms with Gasteiger partial charge in [0, 0.05) is 32.8 Å². The summed E-state index contributed by atoms with van der Waals surface area (Å²) in [6.45, 7) is 6.27. The molecule has 3 rings (SSSR count). The van der Waals surface area contributed by atoms with E-state index in [9.17, 15) is 14.0 Å². The molecule has 2 amide bonds. The first-order valence-electron chi connectivity index (χ1n) is 10.3. The van der Waals surface area contributed by atoms with Crippen molar-refractivity contribution in [1.29, 1.82) is 0 Å². The normalized spacial score (nSPS) is 14.0. The highest BCUT2D eigenvalue weighted by molar-refractivity contribution is 6.35. The Morgan fingerprint density at radius 2 is 1.67 bits per heavy atom. The molecule has 0 aromatic heterocycles. The Bertz CT molecular complexity index is 910. The summed E-state index contributed by atoms with van der Waals surface area (Å²) in [5.41, 5.74) is 2.28. The zero-order chi connectivity index (χ0) is 21.5. The molecule has 0 unspecified atom stereocenters. The average Bonchev–Trinajstić information content (AvgIpc) is 3.01. The molecule has 0 aliphatic carbocycles. The van der Waals surface area contributed by atoms with Crippen LogP contribution in [0.4, 0.5) is 4.39 Å². The second-order valence-corrected chi connectivity index (χ2v) is 7.04. The summed E-state index contributed by atoms with van der Waals surface area (Å²) >= 11 is 0. The smallest absolute Gasteiger partial charge is 0.277 e. The molecule has 2 aromatic rings. The van der Waals surface area contributed by atoms with Crippen LogP contribution in [0.15, 0.2) is 60.3 Å². The molecule has 0 fully saturated rings. The molecule has 5 nitrogen and oxygen atoms in total. The largest absolute Gasteiger partial charge is 0.382 e. The summed E-state index contributed by atoms with van der Waals surface area (Å²) in [4.78, 5) is 29.7. The maximum atomic E-state index is 13.5. The first kappa shape index (κ1) is 21.7. The van der Waals surface area contributed by atoms with Gasteiger partial charge in [-0.25, -0.2) is 4.39 Å². The van der Waals surface area contributed by atoms with Crippen LogP contribution in [-0.2, 0) is 20.9 Å². The highest BCUT2D eigenvalue weighted by Gasteiger charge is 2.40. The van der Waals surface area contributed by atoms with E-state index < -0.39 is 0 Å². The number of imide groups is 1. The van der Waals surface area contributed by atoms with Crippen LogP contribution < -0.4 is 0 Å². The number of ether oxygens (including phenoxy) is 1. The zero-order valence-electron chi connectivity index (χ0n) is 17.4. The highest BCUT2D eigenvalue weighted by Crippen LogP contribution is 2.32. The molecule has 0 bridgehead atoms. The summed E-state index contributed by atoms with van der Waals surface area (Å²) in [5, 5.41) is 0. The van der Waals surface area contributed by atoms with Crippen molar-refractivity contribution in [3.8, 4) is 0 Å². The van der Waals surface area contributed by atoms with Crippen molar-refractivity contribution >= 4 is 17.4 Å². The number of halogens is 1. The van der Waals surface area contributed by atoms with E-state index in [1.165, 1.54) is 17.0 Å². The molecule has 0 atom stereocenters. The standard InChI is InChI=1S/C24H27FN2O3/c1-3-26(17-18-9-6-5-7-10-18)22-21(19-11-13-20(25)14-12-19)23(28)27(24(22)29)15-8-16-30-4-2/h5-7,9-14H,3-4,8,15-17H2,1-2H3. The number of amides is 2. The molecule has 0 radical (unpaired) electrons. The quantitative estimate of drug-likeness (QED) is 0.441. The summed E-state index contributed by atoms with van der Waals surface area (Å²) in [5.74, 6) is -1.04. The van der Waals surface area contributed by atoms with Gasteiger partial charge in [0.2, 0.25) is 0 Å². The van der Waals surface area contributed by atoms with Crippen molar-refractivity contribution in [2.24, 2.45) is 0 Å². The molecule has 1 aliphatic rings. The van der Waals surface area contributed by atoms with E-state index in [-0.39, 0.29) is 24.2 Å². The fourth-order valence-corrected chi connectivity index (χ4v) is 3.56. The van der Waals surface area contributed by atoms with Gasteiger partial charge in [-0.2, -0.15) is 0 Å². The third-order valence-electron chi connectivity index (χ3n) is 5.07. The Morgan fingerprint density at radius 1 is 0.967 bits per heavy atom. The van der Waals surface area contributed by atoms with Crippen molar-refractivity contribution in [2.75, 3.05) is 26.3 Å². The summed E-state index contributed by atoms with van der Waals surface area (Å²) in [7, 11) is 0. The van der Waals surface area contributed by atoms with Gasteiger partial charge in [0.25, 0.3) is 11.8 Å². The van der Waals surface area contributed by atoms with Gasteiger partial charge in [0.05, 0.1) is 5.57 Å². The van der Waals surface area contributed by atoms with Gasteiger partial charge in [0.1, 0.15) is 11.5 Å². The molecule has 0 spiro atoms. The average molecular weight is 410 g/mol. The van der Waals surface area contributed by atoms with Gasteiger partial charge in [0.15, 0.2) is 0 Å². The number of rotatable bonds is 10. The minimum absolute atomic E-state index is 0.286. The molecule has 30 heavy (non-hydrogen) atoms. The van der Waals surface area contributed by atoms with E-state index in [4.69, 9.17) is 4.74 Å². The zero-order valence-corrected chi connectivity index (χ0v) is 17.4. The molecule has 2 aromatic carbocycles. The fourth-order valence-electron chi connectivity index (χ4n) is 3.56. The van der Waals surface area contributed by atoms with Gasteiger partial charge in [-0.05, 0) is 43.5 Å². The van der Waals surface area contributed by atoms with Crippen LogP contribution in [0.5, 0.6) is 0 Å². The van der Waals surface area contributed by atoms with Crippen molar-refractivity contribution in [3.05, 3.63) is 77.2 Å². The van der Waals surface area contributed by atoms with E-state index in [1.807, 2.05) is 49.1 Å². The fraction of sp³-hybridized carbons (Fsp3) is 0.333. The minimum Gasteiger partial charge on any atom is -0.382 e. The number of hydrogen-bond donors (Lipinski definition) is 0. The van der Waals surface area contributed by atoms with Gasteiger partial charge in [-0.3, -0.25) is 14.5 Å². The molecular formula is C24H27FN2O3. The van der Waals surface area contributed by atoms with E-state index in [2.05, 4.69) is 0 Å². The molecule has 1 heterocycles. The summed E-state index contributed by atoms with van der Waals surface area (Å²) in [6.07, 6.45) is 0.570. The molecule has 6 heteroatoms. The Balaban J connectivity index is 1.96. The van der Waals surface area contributed by atoms with Crippen molar-refractivity contribution in [3.63, 3.8) is 0 Å². The first-order chi connectivity index (χ1) is 14.6. The Morgan fingerprint density at radius 3 is 2.30 bits per heavy atom. The van der Waals surface area contributed by atoms with Crippen molar-refractivity contribution in [1.82, 2.24) is 9.80 Å². The third-order valence-corrected chi connectivity index (χ3v) is 5.07. The second kappa shape index (κ2) is 10.2.